The molecule has 0 aromatic heterocycles. The van der Waals surface area contributed by atoms with Crippen LogP contribution in [0.15, 0.2) is 48.5 Å². The maximum Gasteiger partial charge on any atom is 0.343 e. The van der Waals surface area contributed by atoms with E-state index in [0.29, 0.717) is 24.3 Å². The van der Waals surface area contributed by atoms with Crippen LogP contribution in [0.2, 0.25) is 0 Å². The number of hydrogen-bond donors (Lipinski definition) is 0. The van der Waals surface area contributed by atoms with Crippen LogP contribution < -0.4 is 4.74 Å². The van der Waals surface area contributed by atoms with Crippen molar-refractivity contribution >= 4 is 29.5 Å². The summed E-state index contributed by atoms with van der Waals surface area (Å²) in [6, 6.07) is 11.8. The molecule has 1 heterocycles. The van der Waals surface area contributed by atoms with E-state index in [9.17, 15) is 24.0 Å². The van der Waals surface area contributed by atoms with E-state index in [0.717, 1.165) is 16.9 Å². The molecule has 188 valence electrons. The van der Waals surface area contributed by atoms with E-state index < -0.39 is 30.4 Å². The topological polar surface area (TPSA) is 107 Å². The SMILES string of the molecule is Cc1ccc(C(=O)Oc2ccc(C(=O)COC(=O)C(C)N3C(=O)C4CCC(C)CC4C3=O)cc2)cc1. The van der Waals surface area contributed by atoms with Crippen molar-refractivity contribution < 1.29 is 33.4 Å². The summed E-state index contributed by atoms with van der Waals surface area (Å²) < 4.78 is 10.5. The number of ether oxygens (including phenoxy) is 2. The van der Waals surface area contributed by atoms with E-state index in [1.165, 1.54) is 31.2 Å². The van der Waals surface area contributed by atoms with Gasteiger partial charge in [-0.2, -0.15) is 0 Å². The van der Waals surface area contributed by atoms with Crippen LogP contribution >= 0.6 is 0 Å². The molecule has 4 unspecified atom stereocenters. The Morgan fingerprint density at radius 3 is 2.19 bits per heavy atom. The van der Waals surface area contributed by atoms with Gasteiger partial charge in [-0.25, -0.2) is 9.59 Å². The van der Waals surface area contributed by atoms with Gasteiger partial charge in [0.2, 0.25) is 11.8 Å². The van der Waals surface area contributed by atoms with Crippen molar-refractivity contribution in [3.63, 3.8) is 0 Å². The number of Topliss-reactive ketones (excluding diaryl/α,β-unsaturated/α-hetero) is 1. The Morgan fingerprint density at radius 2 is 1.53 bits per heavy atom. The lowest BCUT2D eigenvalue weighted by molar-refractivity contribution is -0.157. The first kappa shape index (κ1) is 25.3. The molecule has 0 bridgehead atoms. The zero-order valence-corrected chi connectivity index (χ0v) is 20.6. The highest BCUT2D eigenvalue weighted by Gasteiger charge is 2.52. The highest BCUT2D eigenvalue weighted by Crippen LogP contribution is 2.41. The van der Waals surface area contributed by atoms with Crippen LogP contribution in [-0.2, 0) is 19.1 Å². The molecule has 1 saturated carbocycles. The molecule has 0 spiro atoms. The van der Waals surface area contributed by atoms with Crippen LogP contribution in [0.25, 0.3) is 0 Å². The molecule has 4 rings (SSSR count). The van der Waals surface area contributed by atoms with Gasteiger partial charge in [0.1, 0.15) is 11.8 Å². The highest BCUT2D eigenvalue weighted by molar-refractivity contribution is 6.08. The van der Waals surface area contributed by atoms with Gasteiger partial charge in [-0.3, -0.25) is 19.3 Å². The van der Waals surface area contributed by atoms with E-state index in [2.05, 4.69) is 6.92 Å². The predicted octanol–water partition coefficient (Wildman–Crippen LogP) is 3.75. The second-order valence-electron chi connectivity index (χ2n) is 9.66. The number of fused-ring (bicyclic) bond motifs is 1. The summed E-state index contributed by atoms with van der Waals surface area (Å²) in [7, 11) is 0. The zero-order valence-electron chi connectivity index (χ0n) is 20.6. The van der Waals surface area contributed by atoms with Gasteiger partial charge in [-0.15, -0.1) is 0 Å². The van der Waals surface area contributed by atoms with Gasteiger partial charge in [0.05, 0.1) is 17.4 Å². The quantitative estimate of drug-likeness (QED) is 0.251. The van der Waals surface area contributed by atoms with Gasteiger partial charge in [-0.1, -0.05) is 24.6 Å². The van der Waals surface area contributed by atoms with Crippen molar-refractivity contribution in [2.45, 2.75) is 46.1 Å². The van der Waals surface area contributed by atoms with E-state index in [1.807, 2.05) is 19.1 Å². The molecule has 8 nitrogen and oxygen atoms in total. The Bertz CT molecular complexity index is 1190. The smallest absolute Gasteiger partial charge is 0.343 e. The van der Waals surface area contributed by atoms with Crippen LogP contribution in [0.5, 0.6) is 5.75 Å². The monoisotopic (exact) mass is 491 g/mol. The molecule has 1 aliphatic heterocycles. The van der Waals surface area contributed by atoms with Crippen LogP contribution in [0.4, 0.5) is 0 Å². The minimum absolute atomic E-state index is 0.263. The fourth-order valence-electron chi connectivity index (χ4n) is 4.81. The first-order valence-corrected chi connectivity index (χ1v) is 12.1. The fraction of sp³-hybridized carbons (Fsp3) is 0.393. The Hall–Kier alpha value is -3.81. The van der Waals surface area contributed by atoms with Crippen molar-refractivity contribution in [1.29, 1.82) is 0 Å². The Kier molecular flexibility index (Phi) is 7.33. The first-order valence-electron chi connectivity index (χ1n) is 12.1. The third-order valence-electron chi connectivity index (χ3n) is 6.97. The number of aryl methyl sites for hydroxylation is 1. The lowest BCUT2D eigenvalue weighted by Gasteiger charge is -2.25. The number of likely N-dealkylation sites (tertiary alicyclic amines) is 1. The average Bonchev–Trinajstić information content (AvgIpc) is 3.11. The van der Waals surface area contributed by atoms with Gasteiger partial charge in [0.15, 0.2) is 12.4 Å². The lowest BCUT2D eigenvalue weighted by Crippen LogP contribution is -2.44. The summed E-state index contributed by atoms with van der Waals surface area (Å²) in [6.07, 6.45) is 2.16. The minimum Gasteiger partial charge on any atom is -0.456 e. The molecule has 2 aromatic rings. The number of benzene rings is 2. The Labute approximate surface area is 209 Å². The second-order valence-corrected chi connectivity index (χ2v) is 9.66. The summed E-state index contributed by atoms with van der Waals surface area (Å²) in [6.45, 7) is 4.88. The average molecular weight is 492 g/mol. The highest BCUT2D eigenvalue weighted by atomic mass is 16.5. The van der Waals surface area contributed by atoms with E-state index in [1.54, 1.807) is 12.1 Å². The van der Waals surface area contributed by atoms with Gasteiger partial charge in [0, 0.05) is 5.56 Å². The molecule has 8 heteroatoms. The molecule has 2 aliphatic rings. The Balaban J connectivity index is 1.31. The molecule has 1 saturated heterocycles. The summed E-state index contributed by atoms with van der Waals surface area (Å²) >= 11 is 0. The molecule has 2 amide bonds. The fourth-order valence-corrected chi connectivity index (χ4v) is 4.81. The van der Waals surface area contributed by atoms with Gasteiger partial charge < -0.3 is 9.47 Å². The molecule has 1 aliphatic carbocycles. The van der Waals surface area contributed by atoms with Crippen LogP contribution in [0.1, 0.15) is 59.4 Å². The third-order valence-corrected chi connectivity index (χ3v) is 6.97. The van der Waals surface area contributed by atoms with E-state index >= 15 is 0 Å². The first-order chi connectivity index (χ1) is 17.2. The van der Waals surface area contributed by atoms with Crippen molar-refractivity contribution in [3.8, 4) is 5.75 Å². The van der Waals surface area contributed by atoms with Crippen LogP contribution in [0, 0.1) is 24.7 Å². The summed E-state index contributed by atoms with van der Waals surface area (Å²) in [5, 5.41) is 0. The number of imide groups is 1. The number of hydrogen-bond acceptors (Lipinski definition) is 7. The van der Waals surface area contributed by atoms with Crippen LogP contribution in [0.3, 0.4) is 0 Å². The third kappa shape index (κ3) is 5.22. The summed E-state index contributed by atoms with van der Waals surface area (Å²) in [5.41, 5.74) is 1.69. The molecular formula is C28H29NO7. The number of carbonyl (C=O) groups excluding carboxylic acids is 5. The second kappa shape index (κ2) is 10.4. The summed E-state index contributed by atoms with van der Waals surface area (Å²) in [4.78, 5) is 63.9. The van der Waals surface area contributed by atoms with E-state index in [4.69, 9.17) is 9.47 Å². The molecule has 36 heavy (non-hydrogen) atoms. The molecular weight excluding hydrogens is 462 g/mol. The summed E-state index contributed by atoms with van der Waals surface area (Å²) in [5.74, 6) is -2.57. The Morgan fingerprint density at radius 1 is 0.917 bits per heavy atom. The van der Waals surface area contributed by atoms with Crippen LogP contribution in [-0.4, -0.2) is 47.1 Å². The lowest BCUT2D eigenvalue weighted by atomic mass is 9.76. The molecule has 0 radical (unpaired) electrons. The number of amides is 2. The van der Waals surface area contributed by atoms with Gasteiger partial charge in [0.25, 0.3) is 0 Å². The van der Waals surface area contributed by atoms with Crippen molar-refractivity contribution in [2.75, 3.05) is 6.61 Å². The molecule has 2 aromatic carbocycles. The van der Waals surface area contributed by atoms with Gasteiger partial charge >= 0.3 is 11.9 Å². The van der Waals surface area contributed by atoms with E-state index in [-0.39, 0.29) is 35.0 Å². The predicted molar refractivity (Wildman–Crippen MR) is 129 cm³/mol. The maximum absolute atomic E-state index is 12.8. The number of rotatable bonds is 7. The molecule has 0 N–H and O–H groups in total. The van der Waals surface area contributed by atoms with Crippen molar-refractivity contribution in [3.05, 3.63) is 65.2 Å². The number of esters is 2. The van der Waals surface area contributed by atoms with Crippen molar-refractivity contribution in [1.82, 2.24) is 4.90 Å². The standard InChI is InChI=1S/C28H29NO7/c1-16-4-7-20(8-5-16)28(34)36-21-11-9-19(10-12-21)24(30)15-35-27(33)18(3)29-25(31)22-13-6-17(2)14-23(22)26(29)32/h4-5,7-12,17-18,22-23H,6,13-15H2,1-3H3. The normalized spacial score (nSPS) is 22.1. The molecule has 2 fully saturated rings. The van der Waals surface area contributed by atoms with Crippen molar-refractivity contribution in [2.24, 2.45) is 17.8 Å². The number of carbonyl (C=O) groups is 5. The number of nitrogens with zero attached hydrogens (tertiary/aromatic N) is 1. The number of ketones is 1. The zero-order chi connectivity index (χ0) is 26.0. The maximum atomic E-state index is 12.8. The van der Waals surface area contributed by atoms with Gasteiger partial charge in [-0.05, 0) is 75.4 Å². The minimum atomic E-state index is -1.10. The largest absolute Gasteiger partial charge is 0.456 e. The molecule has 4 atom stereocenters.